The van der Waals surface area contributed by atoms with Gasteiger partial charge in [-0.15, -0.1) is 0 Å². The Morgan fingerprint density at radius 3 is 0.818 bits per heavy atom. The van der Waals surface area contributed by atoms with Crippen LogP contribution in [0.15, 0.2) is 24.3 Å². The first-order valence-corrected chi connectivity index (χ1v) is 8.82. The molecule has 0 N–H and O–H groups in total. The lowest BCUT2D eigenvalue weighted by Crippen LogP contribution is -2.34. The highest BCUT2D eigenvalue weighted by molar-refractivity contribution is 5.10. The Balaban J connectivity index is 5.79. The van der Waals surface area contributed by atoms with Crippen LogP contribution in [0, 0.1) is 33.5 Å². The highest BCUT2D eigenvalue weighted by Gasteiger charge is 2.36. The predicted molar refractivity (Wildman–Crippen MR) is 103 cm³/mol. The summed E-state index contributed by atoms with van der Waals surface area (Å²) in [5, 5.41) is 0. The summed E-state index contributed by atoms with van der Waals surface area (Å²) in [6.07, 6.45) is 9.74. The first-order chi connectivity index (χ1) is 9.43. The highest BCUT2D eigenvalue weighted by atomic mass is 14.4. The molecule has 130 valence electrons. The maximum Gasteiger partial charge on any atom is -0.0117 e. The Bertz CT molecular complexity index is 340. The number of rotatable bonds is 3. The van der Waals surface area contributed by atoms with Crippen molar-refractivity contribution >= 4 is 0 Å². The zero-order chi connectivity index (χ0) is 18.0. The summed E-state index contributed by atoms with van der Waals surface area (Å²) in [4.78, 5) is 0. The van der Waals surface area contributed by atoms with Crippen LogP contribution in [0.1, 0.15) is 83.1 Å². The summed E-state index contributed by atoms with van der Waals surface area (Å²) in [5.41, 5.74) is 0.975. The third-order valence-corrected chi connectivity index (χ3v) is 3.99. The Morgan fingerprint density at radius 1 is 0.455 bits per heavy atom. The highest BCUT2D eigenvalue weighted by Crippen LogP contribution is 2.44. The molecule has 0 aliphatic carbocycles. The second kappa shape index (κ2) is 6.93. The molecule has 0 rings (SSSR count). The van der Waals surface area contributed by atoms with Gasteiger partial charge in [0.25, 0.3) is 0 Å². The van der Waals surface area contributed by atoms with Crippen molar-refractivity contribution in [2.75, 3.05) is 0 Å². The van der Waals surface area contributed by atoms with Crippen molar-refractivity contribution in [2.45, 2.75) is 83.1 Å². The van der Waals surface area contributed by atoms with Gasteiger partial charge in [-0.05, 0) is 33.5 Å². The fourth-order valence-electron chi connectivity index (χ4n) is 2.68. The van der Waals surface area contributed by atoms with E-state index in [0.29, 0.717) is 11.8 Å². The van der Waals surface area contributed by atoms with E-state index >= 15 is 0 Å². The van der Waals surface area contributed by atoms with Gasteiger partial charge in [0.2, 0.25) is 0 Å². The molecule has 2 atom stereocenters. The molecule has 0 unspecified atom stereocenters. The van der Waals surface area contributed by atoms with Crippen LogP contribution in [0.2, 0.25) is 0 Å². The Kier molecular flexibility index (Phi) is 6.77. The molecule has 0 saturated carbocycles. The summed E-state index contributed by atoms with van der Waals surface area (Å²) in [5.74, 6) is 1.07. The molecule has 0 amide bonds. The van der Waals surface area contributed by atoms with E-state index in [0.717, 1.165) is 0 Å². The molecular formula is C22H42. The second-order valence-electron chi connectivity index (χ2n) is 11.2. The van der Waals surface area contributed by atoms with Gasteiger partial charge in [-0.3, -0.25) is 0 Å². The van der Waals surface area contributed by atoms with Crippen LogP contribution in [0.5, 0.6) is 0 Å². The van der Waals surface area contributed by atoms with E-state index in [-0.39, 0.29) is 21.7 Å². The Hall–Kier alpha value is -0.520. The van der Waals surface area contributed by atoms with Crippen LogP contribution >= 0.6 is 0 Å². The van der Waals surface area contributed by atoms with Gasteiger partial charge in [-0.25, -0.2) is 0 Å². The minimum absolute atomic E-state index is 0.236. The summed E-state index contributed by atoms with van der Waals surface area (Å²) in [6.45, 7) is 27.9. The van der Waals surface area contributed by atoms with Crippen molar-refractivity contribution in [2.24, 2.45) is 33.5 Å². The second-order valence-corrected chi connectivity index (χ2v) is 11.2. The quantitative estimate of drug-likeness (QED) is 0.473. The van der Waals surface area contributed by atoms with Crippen LogP contribution in [0.4, 0.5) is 0 Å². The summed E-state index contributed by atoms with van der Waals surface area (Å²) < 4.78 is 0. The SMILES string of the molecule is CC(C)(C)/C=C/[C@H]([C@@H](/C=C/C(C)(C)C)C(C)(C)C)C(C)(C)C. The fourth-order valence-corrected chi connectivity index (χ4v) is 2.68. The zero-order valence-corrected chi connectivity index (χ0v) is 17.5. The zero-order valence-electron chi connectivity index (χ0n) is 17.5. The van der Waals surface area contributed by atoms with Gasteiger partial charge in [-0.2, -0.15) is 0 Å². The van der Waals surface area contributed by atoms with Crippen LogP contribution in [-0.4, -0.2) is 0 Å². The van der Waals surface area contributed by atoms with Crippen molar-refractivity contribution < 1.29 is 0 Å². The van der Waals surface area contributed by atoms with Gasteiger partial charge in [0, 0.05) is 0 Å². The molecule has 0 saturated heterocycles. The van der Waals surface area contributed by atoms with Crippen molar-refractivity contribution in [3.8, 4) is 0 Å². The number of allylic oxidation sites excluding steroid dienone is 4. The van der Waals surface area contributed by atoms with Crippen LogP contribution < -0.4 is 0 Å². The Labute approximate surface area is 141 Å². The lowest BCUT2D eigenvalue weighted by Gasteiger charge is -2.41. The number of hydrogen-bond acceptors (Lipinski definition) is 0. The lowest BCUT2D eigenvalue weighted by atomic mass is 9.63. The molecule has 0 heteroatoms. The third-order valence-electron chi connectivity index (χ3n) is 3.99. The smallest absolute Gasteiger partial charge is 0.0117 e. The van der Waals surface area contributed by atoms with Crippen molar-refractivity contribution in [3.05, 3.63) is 24.3 Å². The number of hydrogen-bond donors (Lipinski definition) is 0. The summed E-state index contributed by atoms with van der Waals surface area (Å²) in [7, 11) is 0. The van der Waals surface area contributed by atoms with E-state index in [9.17, 15) is 0 Å². The fraction of sp³-hybridized carbons (Fsp3) is 0.818. The maximum absolute atomic E-state index is 2.48. The van der Waals surface area contributed by atoms with Crippen LogP contribution in [-0.2, 0) is 0 Å². The third kappa shape index (κ3) is 8.81. The minimum Gasteiger partial charge on any atom is -0.0838 e. The molecule has 0 aliphatic rings. The standard InChI is InChI=1S/C22H42/c1-19(2,3)15-13-17(21(7,8)9)18(22(10,11)12)14-16-20(4,5)6/h13-18H,1-12H3/b15-13+,16-14+/t17-,18-/m1/s1. The van der Waals surface area contributed by atoms with Crippen LogP contribution in [0.25, 0.3) is 0 Å². The van der Waals surface area contributed by atoms with Gasteiger partial charge in [0.05, 0.1) is 0 Å². The molecule has 0 aliphatic heterocycles. The molecule has 0 aromatic rings. The van der Waals surface area contributed by atoms with Gasteiger partial charge in [-0.1, -0.05) is 107 Å². The van der Waals surface area contributed by atoms with Crippen LogP contribution in [0.3, 0.4) is 0 Å². The molecule has 0 aromatic heterocycles. The topological polar surface area (TPSA) is 0 Å². The predicted octanol–water partition coefficient (Wildman–Crippen LogP) is 7.52. The van der Waals surface area contributed by atoms with Gasteiger partial charge >= 0.3 is 0 Å². The van der Waals surface area contributed by atoms with Gasteiger partial charge < -0.3 is 0 Å². The van der Waals surface area contributed by atoms with E-state index in [1.807, 2.05) is 0 Å². The molecule has 0 nitrogen and oxygen atoms in total. The van der Waals surface area contributed by atoms with Gasteiger partial charge in [0.15, 0.2) is 0 Å². The molecule has 22 heavy (non-hydrogen) atoms. The Morgan fingerprint density at radius 2 is 0.682 bits per heavy atom. The van der Waals surface area contributed by atoms with E-state index < -0.39 is 0 Å². The monoisotopic (exact) mass is 306 g/mol. The first-order valence-electron chi connectivity index (χ1n) is 8.82. The van der Waals surface area contributed by atoms with E-state index in [1.165, 1.54) is 0 Å². The summed E-state index contributed by atoms with van der Waals surface area (Å²) >= 11 is 0. The van der Waals surface area contributed by atoms with Crippen molar-refractivity contribution in [1.29, 1.82) is 0 Å². The van der Waals surface area contributed by atoms with Crippen molar-refractivity contribution in [3.63, 3.8) is 0 Å². The largest absolute Gasteiger partial charge is 0.0838 e. The minimum atomic E-state index is 0.236. The first kappa shape index (κ1) is 21.5. The molecule has 0 spiro atoms. The summed E-state index contributed by atoms with van der Waals surface area (Å²) in [6, 6.07) is 0. The average Bonchev–Trinajstić information content (AvgIpc) is 2.15. The maximum atomic E-state index is 2.48. The van der Waals surface area contributed by atoms with Gasteiger partial charge in [0.1, 0.15) is 0 Å². The molecule has 0 aromatic carbocycles. The molecular weight excluding hydrogens is 264 g/mol. The molecule has 0 bridgehead atoms. The molecule has 0 fully saturated rings. The lowest BCUT2D eigenvalue weighted by molar-refractivity contribution is 0.141. The van der Waals surface area contributed by atoms with E-state index in [4.69, 9.17) is 0 Å². The average molecular weight is 307 g/mol. The van der Waals surface area contributed by atoms with Crippen molar-refractivity contribution in [1.82, 2.24) is 0 Å². The molecule has 0 heterocycles. The van der Waals surface area contributed by atoms with E-state index in [2.05, 4.69) is 107 Å². The normalized spacial score (nSPS) is 18.2. The van der Waals surface area contributed by atoms with E-state index in [1.54, 1.807) is 0 Å². The molecule has 0 radical (unpaired) electrons.